The molecule has 4 aliphatic rings. The summed E-state index contributed by atoms with van der Waals surface area (Å²) in [6.07, 6.45) is 10.9. The summed E-state index contributed by atoms with van der Waals surface area (Å²) in [7, 11) is 0. The Morgan fingerprint density at radius 2 is 1.68 bits per heavy atom. The maximum Gasteiger partial charge on any atom is 0.330 e. The van der Waals surface area contributed by atoms with Crippen LogP contribution in [0.1, 0.15) is 56.6 Å². The SMILES string of the molecule is CCOC(=O)C=Cc1cc(-c2ccc(O)c(C34CC5CC(CC(C5)C3)C4)c2)ccc1Cl. The fourth-order valence-electron chi connectivity index (χ4n) is 6.78. The highest BCUT2D eigenvalue weighted by molar-refractivity contribution is 6.32. The summed E-state index contributed by atoms with van der Waals surface area (Å²) in [5.74, 6) is 2.53. The second kappa shape index (κ2) is 8.02. The molecule has 0 unspecified atom stereocenters. The van der Waals surface area contributed by atoms with E-state index in [0.29, 0.717) is 17.4 Å². The van der Waals surface area contributed by atoms with E-state index in [1.54, 1.807) is 13.0 Å². The number of rotatable bonds is 5. The van der Waals surface area contributed by atoms with Gasteiger partial charge in [0.05, 0.1) is 6.61 Å². The molecule has 0 aromatic heterocycles. The largest absolute Gasteiger partial charge is 0.508 e. The normalized spacial score (nSPS) is 28.9. The molecule has 4 heteroatoms. The molecule has 1 N–H and O–H groups in total. The van der Waals surface area contributed by atoms with Gasteiger partial charge in [-0.15, -0.1) is 0 Å². The lowest BCUT2D eigenvalue weighted by molar-refractivity contribution is -0.137. The Balaban J connectivity index is 1.49. The molecule has 6 rings (SSSR count). The van der Waals surface area contributed by atoms with E-state index in [0.717, 1.165) is 40.0 Å². The molecule has 4 bridgehead atoms. The number of halogens is 1. The lowest BCUT2D eigenvalue weighted by atomic mass is 9.48. The summed E-state index contributed by atoms with van der Waals surface area (Å²) in [6, 6.07) is 11.9. The second-order valence-electron chi connectivity index (χ2n) is 9.75. The van der Waals surface area contributed by atoms with E-state index >= 15 is 0 Å². The fourth-order valence-corrected chi connectivity index (χ4v) is 6.96. The zero-order valence-electron chi connectivity index (χ0n) is 17.9. The number of benzene rings is 2. The topological polar surface area (TPSA) is 46.5 Å². The molecule has 31 heavy (non-hydrogen) atoms. The van der Waals surface area contributed by atoms with Crippen molar-refractivity contribution in [3.05, 3.63) is 58.6 Å². The molecule has 0 radical (unpaired) electrons. The number of esters is 1. The summed E-state index contributed by atoms with van der Waals surface area (Å²) < 4.78 is 4.97. The van der Waals surface area contributed by atoms with Crippen molar-refractivity contribution < 1.29 is 14.6 Å². The highest BCUT2D eigenvalue weighted by Gasteiger charge is 2.52. The van der Waals surface area contributed by atoms with Gasteiger partial charge in [0.25, 0.3) is 0 Å². The van der Waals surface area contributed by atoms with E-state index in [1.165, 1.54) is 44.6 Å². The first-order valence-electron chi connectivity index (χ1n) is 11.4. The van der Waals surface area contributed by atoms with Crippen molar-refractivity contribution in [2.24, 2.45) is 17.8 Å². The Labute approximate surface area is 189 Å². The van der Waals surface area contributed by atoms with Gasteiger partial charge in [0.2, 0.25) is 0 Å². The van der Waals surface area contributed by atoms with E-state index < -0.39 is 0 Å². The van der Waals surface area contributed by atoms with Crippen molar-refractivity contribution in [1.29, 1.82) is 0 Å². The lowest BCUT2D eigenvalue weighted by Crippen LogP contribution is -2.48. The van der Waals surface area contributed by atoms with Gasteiger partial charge in [0, 0.05) is 16.7 Å². The summed E-state index contributed by atoms with van der Waals surface area (Å²) in [5, 5.41) is 11.4. The third kappa shape index (κ3) is 3.89. The number of phenolic OH excluding ortho intramolecular Hbond substituents is 1. The third-order valence-electron chi connectivity index (χ3n) is 7.62. The molecular formula is C27H29ClO3. The highest BCUT2D eigenvalue weighted by Crippen LogP contribution is 2.62. The van der Waals surface area contributed by atoms with Crippen LogP contribution in [0.3, 0.4) is 0 Å². The fraction of sp³-hybridized carbons (Fsp3) is 0.444. The number of ether oxygens (including phenoxy) is 1. The molecule has 162 valence electrons. The van der Waals surface area contributed by atoms with Crippen molar-refractivity contribution >= 4 is 23.6 Å². The molecule has 2 aromatic carbocycles. The van der Waals surface area contributed by atoms with E-state index in [1.807, 2.05) is 30.3 Å². The zero-order valence-corrected chi connectivity index (χ0v) is 18.7. The standard InChI is InChI=1S/C27H29ClO3/c1-2-31-26(30)8-5-22-12-20(3-6-24(22)28)21-4-7-25(29)23(13-21)27-14-17-9-18(15-27)11-19(10-17)16-27/h3-8,12-13,17-19,29H,2,9-11,14-16H2,1H3. The summed E-state index contributed by atoms with van der Waals surface area (Å²) >= 11 is 6.37. The number of hydrogen-bond donors (Lipinski definition) is 1. The van der Waals surface area contributed by atoms with Crippen LogP contribution in [-0.2, 0) is 14.9 Å². The zero-order chi connectivity index (χ0) is 21.6. The van der Waals surface area contributed by atoms with Gasteiger partial charge in [0.1, 0.15) is 5.75 Å². The maximum atomic E-state index is 11.7. The van der Waals surface area contributed by atoms with Crippen molar-refractivity contribution in [3.63, 3.8) is 0 Å². The molecule has 0 amide bonds. The van der Waals surface area contributed by atoms with E-state index in [9.17, 15) is 9.90 Å². The Bertz CT molecular complexity index is 1000. The quantitative estimate of drug-likeness (QED) is 0.416. The molecule has 0 heterocycles. The predicted octanol–water partition coefficient (Wildman–Crippen LogP) is 6.76. The molecule has 2 aromatic rings. The molecule has 3 nitrogen and oxygen atoms in total. The highest BCUT2D eigenvalue weighted by atomic mass is 35.5. The van der Waals surface area contributed by atoms with Gasteiger partial charge in [0.15, 0.2) is 0 Å². The van der Waals surface area contributed by atoms with Crippen LogP contribution >= 0.6 is 11.6 Å². The molecule has 0 spiro atoms. The van der Waals surface area contributed by atoms with Crippen molar-refractivity contribution in [1.82, 2.24) is 0 Å². The van der Waals surface area contributed by atoms with Gasteiger partial charge in [-0.1, -0.05) is 23.7 Å². The molecule has 4 fully saturated rings. The van der Waals surface area contributed by atoms with Gasteiger partial charge in [-0.05, 0) is 116 Å². The molecule has 4 saturated carbocycles. The van der Waals surface area contributed by atoms with Crippen molar-refractivity contribution in [3.8, 4) is 16.9 Å². The van der Waals surface area contributed by atoms with E-state index in [4.69, 9.17) is 16.3 Å². The second-order valence-corrected chi connectivity index (χ2v) is 10.2. The maximum absolute atomic E-state index is 11.7. The van der Waals surface area contributed by atoms with Crippen LogP contribution < -0.4 is 0 Å². The number of phenols is 1. The first-order chi connectivity index (χ1) is 15.0. The van der Waals surface area contributed by atoms with Crippen molar-refractivity contribution in [2.75, 3.05) is 6.61 Å². The number of aromatic hydroxyl groups is 1. The number of carbonyl (C=O) groups excluding carboxylic acids is 1. The summed E-state index contributed by atoms with van der Waals surface area (Å²) in [4.78, 5) is 11.7. The average Bonchev–Trinajstić information content (AvgIpc) is 2.73. The smallest absolute Gasteiger partial charge is 0.330 e. The van der Waals surface area contributed by atoms with Gasteiger partial charge < -0.3 is 9.84 Å². The molecule has 4 aliphatic carbocycles. The average molecular weight is 437 g/mol. The minimum atomic E-state index is -0.377. The Morgan fingerprint density at radius 1 is 1.06 bits per heavy atom. The first-order valence-corrected chi connectivity index (χ1v) is 11.8. The predicted molar refractivity (Wildman–Crippen MR) is 124 cm³/mol. The Kier molecular flexibility index (Phi) is 5.34. The van der Waals surface area contributed by atoms with Crippen LogP contribution in [-0.4, -0.2) is 17.7 Å². The van der Waals surface area contributed by atoms with Crippen LogP contribution in [0.25, 0.3) is 17.2 Å². The van der Waals surface area contributed by atoms with Gasteiger partial charge >= 0.3 is 5.97 Å². The van der Waals surface area contributed by atoms with Crippen LogP contribution in [0, 0.1) is 17.8 Å². The summed E-state index contributed by atoms with van der Waals surface area (Å²) in [5.41, 5.74) is 4.14. The first kappa shape index (κ1) is 20.6. The minimum Gasteiger partial charge on any atom is -0.508 e. The van der Waals surface area contributed by atoms with E-state index in [-0.39, 0.29) is 11.4 Å². The molecule has 0 aliphatic heterocycles. The Morgan fingerprint density at radius 3 is 2.32 bits per heavy atom. The molecule has 0 saturated heterocycles. The van der Waals surface area contributed by atoms with Gasteiger partial charge in [-0.25, -0.2) is 4.79 Å². The van der Waals surface area contributed by atoms with Crippen LogP contribution in [0.4, 0.5) is 0 Å². The monoisotopic (exact) mass is 436 g/mol. The van der Waals surface area contributed by atoms with Crippen LogP contribution in [0.5, 0.6) is 5.75 Å². The van der Waals surface area contributed by atoms with Gasteiger partial charge in [-0.2, -0.15) is 0 Å². The van der Waals surface area contributed by atoms with Crippen molar-refractivity contribution in [2.45, 2.75) is 50.9 Å². The van der Waals surface area contributed by atoms with E-state index in [2.05, 4.69) is 6.07 Å². The summed E-state index contributed by atoms with van der Waals surface area (Å²) in [6.45, 7) is 2.13. The number of hydrogen-bond acceptors (Lipinski definition) is 3. The number of carbonyl (C=O) groups is 1. The minimum absolute atomic E-state index is 0.133. The molecule has 0 atom stereocenters. The lowest BCUT2D eigenvalue weighted by Gasteiger charge is -2.57. The third-order valence-corrected chi connectivity index (χ3v) is 7.97. The Hall–Kier alpha value is -2.26. The van der Waals surface area contributed by atoms with Crippen LogP contribution in [0.15, 0.2) is 42.5 Å². The van der Waals surface area contributed by atoms with Crippen LogP contribution in [0.2, 0.25) is 5.02 Å². The molecular weight excluding hydrogens is 408 g/mol. The van der Waals surface area contributed by atoms with Gasteiger partial charge in [-0.3, -0.25) is 0 Å².